The Morgan fingerprint density at radius 1 is 0.833 bits per heavy atom. The van der Waals surface area contributed by atoms with Gasteiger partial charge in [-0.2, -0.15) is 0 Å². The highest BCUT2D eigenvalue weighted by atomic mass is 15.0. The quantitative estimate of drug-likeness (QED) is 0.622. The maximum atomic E-state index is 2.53. The predicted octanol–water partition coefficient (Wildman–Crippen LogP) is 4.60. The molecule has 3 aromatic carbocycles. The molecule has 0 fully saturated rings. The number of hydrogen-bond donors (Lipinski definition) is 0. The van der Waals surface area contributed by atoms with Gasteiger partial charge in [-0.25, -0.2) is 4.58 Å². The van der Waals surface area contributed by atoms with E-state index >= 15 is 0 Å². The van der Waals surface area contributed by atoms with Crippen LogP contribution < -0.4 is 0 Å². The highest BCUT2D eigenvalue weighted by molar-refractivity contribution is 6.11. The first-order chi connectivity index (χ1) is 11.8. The van der Waals surface area contributed by atoms with E-state index in [0.29, 0.717) is 0 Å². The molecule has 1 heteroatoms. The second-order valence-electron chi connectivity index (χ2n) is 6.53. The SMILES string of the molecule is Cc1ccc2c(c1)C(c1ccccc1)=[N+](Cc1ccccc1)CC2. The minimum Gasteiger partial charge on any atom is -0.224 e. The standard InChI is InChI=1S/C23H22N/c1-18-12-13-20-14-15-24(17-19-8-4-2-5-9-19)23(22(20)16-18)21-10-6-3-7-11-21/h2-13,16H,14-15,17H2,1H3/q+1. The molecule has 1 heterocycles. The molecule has 1 aliphatic rings. The summed E-state index contributed by atoms with van der Waals surface area (Å²) in [7, 11) is 0. The summed E-state index contributed by atoms with van der Waals surface area (Å²) in [4.78, 5) is 0. The molecule has 0 atom stereocenters. The molecule has 1 nitrogen and oxygen atoms in total. The highest BCUT2D eigenvalue weighted by Gasteiger charge is 2.27. The zero-order valence-corrected chi connectivity index (χ0v) is 14.1. The molecule has 0 N–H and O–H groups in total. The molecule has 0 amide bonds. The Morgan fingerprint density at radius 2 is 1.54 bits per heavy atom. The number of benzene rings is 3. The molecule has 1 aliphatic heterocycles. The van der Waals surface area contributed by atoms with Gasteiger partial charge >= 0.3 is 0 Å². The van der Waals surface area contributed by atoms with E-state index in [0.717, 1.165) is 19.5 Å². The van der Waals surface area contributed by atoms with Crippen LogP contribution in [0.5, 0.6) is 0 Å². The summed E-state index contributed by atoms with van der Waals surface area (Å²) in [6.45, 7) is 4.20. The van der Waals surface area contributed by atoms with Gasteiger partial charge in [0.15, 0.2) is 6.54 Å². The second-order valence-corrected chi connectivity index (χ2v) is 6.53. The van der Waals surface area contributed by atoms with E-state index in [1.54, 1.807) is 0 Å². The highest BCUT2D eigenvalue weighted by Crippen LogP contribution is 2.22. The molecule has 24 heavy (non-hydrogen) atoms. The summed E-state index contributed by atoms with van der Waals surface area (Å²) in [5.74, 6) is 0. The third-order valence-corrected chi connectivity index (χ3v) is 4.75. The van der Waals surface area contributed by atoms with E-state index in [4.69, 9.17) is 0 Å². The Morgan fingerprint density at radius 3 is 2.29 bits per heavy atom. The van der Waals surface area contributed by atoms with Crippen LogP contribution in [0.3, 0.4) is 0 Å². The van der Waals surface area contributed by atoms with E-state index in [1.807, 2.05) is 0 Å². The summed E-state index contributed by atoms with van der Waals surface area (Å²) in [6.07, 6.45) is 1.11. The molecule has 0 saturated carbocycles. The average Bonchev–Trinajstić information content (AvgIpc) is 2.63. The molecule has 0 unspecified atom stereocenters. The molecule has 0 bridgehead atoms. The normalized spacial score (nSPS) is 13.7. The fraction of sp³-hybridized carbons (Fsp3) is 0.174. The zero-order chi connectivity index (χ0) is 16.4. The first kappa shape index (κ1) is 14.9. The second kappa shape index (κ2) is 6.45. The molecule has 0 spiro atoms. The lowest BCUT2D eigenvalue weighted by Gasteiger charge is -2.19. The lowest BCUT2D eigenvalue weighted by atomic mass is 9.91. The van der Waals surface area contributed by atoms with Gasteiger partial charge in [0.2, 0.25) is 5.71 Å². The van der Waals surface area contributed by atoms with Crippen molar-refractivity contribution in [3.05, 3.63) is 107 Å². The number of fused-ring (bicyclic) bond motifs is 1. The van der Waals surface area contributed by atoms with Crippen molar-refractivity contribution in [1.82, 2.24) is 0 Å². The molecule has 0 aliphatic carbocycles. The summed E-state index contributed by atoms with van der Waals surface area (Å²) in [5, 5.41) is 0. The zero-order valence-electron chi connectivity index (χ0n) is 14.1. The van der Waals surface area contributed by atoms with Crippen LogP contribution in [-0.2, 0) is 13.0 Å². The van der Waals surface area contributed by atoms with E-state index in [1.165, 1.54) is 33.5 Å². The number of aryl methyl sites for hydroxylation is 1. The molecule has 118 valence electrons. The van der Waals surface area contributed by atoms with Gasteiger partial charge in [-0.15, -0.1) is 0 Å². The average molecular weight is 312 g/mol. The minimum atomic E-state index is 0.957. The van der Waals surface area contributed by atoms with Gasteiger partial charge in [-0.3, -0.25) is 0 Å². The minimum absolute atomic E-state index is 0.957. The molecule has 4 rings (SSSR count). The largest absolute Gasteiger partial charge is 0.224 e. The van der Waals surface area contributed by atoms with Crippen molar-refractivity contribution in [2.45, 2.75) is 19.9 Å². The molecule has 3 aromatic rings. The van der Waals surface area contributed by atoms with Gasteiger partial charge in [0.25, 0.3) is 0 Å². The lowest BCUT2D eigenvalue weighted by Crippen LogP contribution is -2.30. The van der Waals surface area contributed by atoms with E-state index in [9.17, 15) is 0 Å². The van der Waals surface area contributed by atoms with Crippen LogP contribution >= 0.6 is 0 Å². The monoisotopic (exact) mass is 312 g/mol. The smallest absolute Gasteiger partial charge is 0.215 e. The summed E-state index contributed by atoms with van der Waals surface area (Å²) in [5.41, 5.74) is 8.21. The number of nitrogens with zero attached hydrogens (tertiary/aromatic N) is 1. The van der Waals surface area contributed by atoms with Crippen molar-refractivity contribution in [3.8, 4) is 0 Å². The first-order valence-electron chi connectivity index (χ1n) is 8.62. The molecule has 0 saturated heterocycles. The third-order valence-electron chi connectivity index (χ3n) is 4.75. The molecular weight excluding hydrogens is 290 g/mol. The van der Waals surface area contributed by atoms with Crippen LogP contribution in [0.25, 0.3) is 0 Å². The topological polar surface area (TPSA) is 3.01 Å². The van der Waals surface area contributed by atoms with Gasteiger partial charge in [0.05, 0.1) is 5.56 Å². The van der Waals surface area contributed by atoms with Gasteiger partial charge in [0.1, 0.15) is 6.54 Å². The summed E-state index contributed by atoms with van der Waals surface area (Å²) in [6, 6.07) is 28.4. The first-order valence-corrected chi connectivity index (χ1v) is 8.62. The van der Waals surface area contributed by atoms with Crippen molar-refractivity contribution in [3.63, 3.8) is 0 Å². The van der Waals surface area contributed by atoms with Gasteiger partial charge < -0.3 is 0 Å². The Labute approximate surface area is 143 Å². The van der Waals surface area contributed by atoms with E-state index < -0.39 is 0 Å². The van der Waals surface area contributed by atoms with Crippen LogP contribution in [0.4, 0.5) is 0 Å². The number of hydrogen-bond acceptors (Lipinski definition) is 0. The van der Waals surface area contributed by atoms with Crippen molar-refractivity contribution in [1.29, 1.82) is 0 Å². The van der Waals surface area contributed by atoms with E-state index in [-0.39, 0.29) is 0 Å². The van der Waals surface area contributed by atoms with Crippen LogP contribution in [0.15, 0.2) is 78.9 Å². The molecule has 0 radical (unpaired) electrons. The van der Waals surface area contributed by atoms with Crippen molar-refractivity contribution in [2.75, 3.05) is 6.54 Å². The van der Waals surface area contributed by atoms with Crippen LogP contribution in [0.1, 0.15) is 27.8 Å². The summed E-state index contributed by atoms with van der Waals surface area (Å²) < 4.78 is 2.53. The maximum absolute atomic E-state index is 2.53. The Kier molecular flexibility index (Phi) is 4.00. The van der Waals surface area contributed by atoms with Crippen molar-refractivity contribution >= 4 is 5.71 Å². The maximum Gasteiger partial charge on any atom is 0.215 e. The Bertz CT molecular complexity index is 876. The van der Waals surface area contributed by atoms with Gasteiger partial charge in [-0.05, 0) is 30.7 Å². The Balaban J connectivity index is 1.88. The Hall–Kier alpha value is -2.67. The van der Waals surface area contributed by atoms with Crippen molar-refractivity contribution < 1.29 is 4.58 Å². The molecule has 0 aromatic heterocycles. The third kappa shape index (κ3) is 2.90. The van der Waals surface area contributed by atoms with Crippen LogP contribution in [-0.4, -0.2) is 16.8 Å². The summed E-state index contributed by atoms with van der Waals surface area (Å²) >= 11 is 0. The fourth-order valence-electron chi connectivity index (χ4n) is 3.56. The molecular formula is C23H22N+. The van der Waals surface area contributed by atoms with Crippen LogP contribution in [0.2, 0.25) is 0 Å². The fourth-order valence-corrected chi connectivity index (χ4v) is 3.56. The predicted molar refractivity (Wildman–Crippen MR) is 99.8 cm³/mol. The van der Waals surface area contributed by atoms with Crippen LogP contribution in [0, 0.1) is 6.92 Å². The van der Waals surface area contributed by atoms with Gasteiger partial charge in [0, 0.05) is 17.5 Å². The lowest BCUT2D eigenvalue weighted by molar-refractivity contribution is -0.544. The van der Waals surface area contributed by atoms with E-state index in [2.05, 4.69) is 90.4 Å². The van der Waals surface area contributed by atoms with Gasteiger partial charge in [-0.1, -0.05) is 66.2 Å². The van der Waals surface area contributed by atoms with Crippen molar-refractivity contribution in [2.24, 2.45) is 0 Å². The number of rotatable bonds is 3.